The Bertz CT molecular complexity index is 306. The van der Waals surface area contributed by atoms with Crippen molar-refractivity contribution in [2.75, 3.05) is 0 Å². The van der Waals surface area contributed by atoms with E-state index in [1.165, 1.54) is 0 Å². The van der Waals surface area contributed by atoms with Crippen molar-refractivity contribution in [2.45, 2.75) is 12.4 Å². The Hall–Kier alpha value is -2.27. The van der Waals surface area contributed by atoms with E-state index in [9.17, 15) is 31.1 Å². The van der Waals surface area contributed by atoms with Gasteiger partial charge in [-0.1, -0.05) is 6.58 Å². The first-order chi connectivity index (χ1) is 8.16. The summed E-state index contributed by atoms with van der Waals surface area (Å²) < 4.78 is 63.5. The lowest BCUT2D eigenvalue weighted by atomic mass is 10.7. The largest absolute Gasteiger partial charge is 0.490 e. The lowest BCUT2D eigenvalue weighted by Crippen LogP contribution is -2.21. The maximum absolute atomic E-state index is 10.6. The molecule has 0 heterocycles. The van der Waals surface area contributed by atoms with E-state index >= 15 is 0 Å². The second kappa shape index (κ2) is 8.77. The molecule has 0 aliphatic carbocycles. The van der Waals surface area contributed by atoms with Crippen LogP contribution in [-0.2, 0) is 14.4 Å². The molecule has 0 spiro atoms. The van der Waals surface area contributed by atoms with Gasteiger partial charge in [0.2, 0.25) is 0 Å². The first-order valence-electron chi connectivity index (χ1n) is 3.61. The normalized spacial score (nSPS) is 10.0. The van der Waals surface area contributed by atoms with E-state index in [1.54, 1.807) is 0 Å². The van der Waals surface area contributed by atoms with Crippen LogP contribution in [0.5, 0.6) is 0 Å². The third-order valence-corrected chi connectivity index (χ3v) is 0.660. The van der Waals surface area contributed by atoms with Gasteiger partial charge in [-0.2, -0.15) is 26.3 Å². The van der Waals surface area contributed by atoms with E-state index in [0.717, 1.165) is 6.08 Å². The molecule has 6 nitrogen and oxygen atoms in total. The number of hydrogen-bond acceptors (Lipinski definition) is 3. The molecule has 112 valence electrons. The molecule has 0 aromatic carbocycles. The minimum atomic E-state index is -5.08. The Balaban J connectivity index is -0.000000206. The van der Waals surface area contributed by atoms with Gasteiger partial charge in [0.15, 0.2) is 0 Å². The highest BCUT2D eigenvalue weighted by atomic mass is 19.4. The number of halogens is 6. The quantitative estimate of drug-likeness (QED) is 0.500. The first-order valence-corrected chi connectivity index (χ1v) is 3.61. The van der Waals surface area contributed by atoms with Gasteiger partial charge in [-0.15, -0.1) is 0 Å². The molecule has 0 saturated carbocycles. The molecule has 0 unspecified atom stereocenters. The summed E-state index contributed by atoms with van der Waals surface area (Å²) in [6.07, 6.45) is -9.33. The van der Waals surface area contributed by atoms with Crippen LogP contribution in [0.25, 0.3) is 0 Å². The minimum Gasteiger partial charge on any atom is -0.478 e. The van der Waals surface area contributed by atoms with Crippen molar-refractivity contribution in [3.05, 3.63) is 12.7 Å². The predicted octanol–water partition coefficient (Wildman–Crippen LogP) is 1.52. The van der Waals surface area contributed by atoms with E-state index in [1.807, 2.05) is 0 Å². The summed E-state index contributed by atoms with van der Waals surface area (Å²) in [5.41, 5.74) is 0. The average Bonchev–Trinajstić information content (AvgIpc) is 2.16. The molecule has 0 radical (unpaired) electrons. The fourth-order valence-electron chi connectivity index (χ4n) is 0. The number of alkyl halides is 6. The van der Waals surface area contributed by atoms with Crippen LogP contribution in [0.15, 0.2) is 12.7 Å². The molecule has 0 atom stereocenters. The van der Waals surface area contributed by atoms with Gasteiger partial charge in [0.25, 0.3) is 0 Å². The summed E-state index contributed by atoms with van der Waals surface area (Å²) in [4.78, 5) is 27.0. The highest BCUT2D eigenvalue weighted by molar-refractivity contribution is 5.78. The molecule has 0 amide bonds. The Morgan fingerprint density at radius 3 is 0.895 bits per heavy atom. The topological polar surface area (TPSA) is 112 Å². The van der Waals surface area contributed by atoms with Gasteiger partial charge in [0.05, 0.1) is 0 Å². The first kappa shape index (κ1) is 22.0. The monoisotopic (exact) mass is 300 g/mol. The zero-order valence-corrected chi connectivity index (χ0v) is 8.62. The van der Waals surface area contributed by atoms with E-state index < -0.39 is 30.3 Å². The van der Waals surface area contributed by atoms with Crippen LogP contribution in [0.2, 0.25) is 0 Å². The smallest absolute Gasteiger partial charge is 0.478 e. The molecule has 0 aliphatic rings. The molecule has 19 heavy (non-hydrogen) atoms. The zero-order valence-electron chi connectivity index (χ0n) is 8.62. The van der Waals surface area contributed by atoms with E-state index in [4.69, 9.17) is 24.9 Å². The van der Waals surface area contributed by atoms with Crippen molar-refractivity contribution < 1.29 is 56.0 Å². The molecular formula is C7H6F6O6. The third kappa shape index (κ3) is 21.6. The Kier molecular flexibility index (Phi) is 10.1. The molecule has 3 N–H and O–H groups in total. The van der Waals surface area contributed by atoms with Crippen LogP contribution < -0.4 is 0 Å². The van der Waals surface area contributed by atoms with Crippen molar-refractivity contribution in [2.24, 2.45) is 0 Å². The third-order valence-electron chi connectivity index (χ3n) is 0.660. The van der Waals surface area contributed by atoms with Crippen LogP contribution in [0.1, 0.15) is 0 Å². The second-order valence-corrected chi connectivity index (χ2v) is 2.15. The van der Waals surface area contributed by atoms with Gasteiger partial charge < -0.3 is 15.3 Å². The fourth-order valence-corrected chi connectivity index (χ4v) is 0. The highest BCUT2D eigenvalue weighted by Crippen LogP contribution is 2.13. The molecule has 0 aromatic rings. The summed E-state index contributed by atoms with van der Waals surface area (Å²) >= 11 is 0. The summed E-state index contributed by atoms with van der Waals surface area (Å²) in [7, 11) is 0. The summed E-state index contributed by atoms with van der Waals surface area (Å²) in [6, 6.07) is 0. The van der Waals surface area contributed by atoms with E-state index in [0.29, 0.717) is 0 Å². The van der Waals surface area contributed by atoms with Crippen molar-refractivity contribution >= 4 is 17.9 Å². The predicted molar refractivity (Wildman–Crippen MR) is 45.2 cm³/mol. The average molecular weight is 300 g/mol. The second-order valence-electron chi connectivity index (χ2n) is 2.15. The molecular weight excluding hydrogens is 294 g/mol. The van der Waals surface area contributed by atoms with Crippen molar-refractivity contribution in [3.8, 4) is 0 Å². The van der Waals surface area contributed by atoms with Gasteiger partial charge in [0.1, 0.15) is 0 Å². The number of aliphatic carboxylic acids is 3. The Labute approximate surface area is 100 Å². The number of hydrogen-bond donors (Lipinski definition) is 3. The summed E-state index contributed by atoms with van der Waals surface area (Å²) in [5, 5.41) is 21.9. The van der Waals surface area contributed by atoms with Crippen LogP contribution in [0.4, 0.5) is 26.3 Å². The van der Waals surface area contributed by atoms with Gasteiger partial charge in [0, 0.05) is 6.08 Å². The summed E-state index contributed by atoms with van der Waals surface area (Å²) in [5.74, 6) is -6.50. The molecule has 0 rings (SSSR count). The standard InChI is InChI=1S/C3H4O2.2C2HF3O2/c1-2-3(4)5;2*3-2(4,5)1(6)7/h2H,1H2,(H,4,5);2*(H,6,7). The molecule has 0 fully saturated rings. The van der Waals surface area contributed by atoms with Crippen LogP contribution >= 0.6 is 0 Å². The van der Waals surface area contributed by atoms with Crippen LogP contribution in [0.3, 0.4) is 0 Å². The molecule has 0 aromatic heterocycles. The molecule has 0 bridgehead atoms. The van der Waals surface area contributed by atoms with Gasteiger partial charge >= 0.3 is 30.3 Å². The number of carboxylic acid groups (broad SMARTS) is 3. The van der Waals surface area contributed by atoms with Crippen molar-refractivity contribution in [3.63, 3.8) is 0 Å². The van der Waals surface area contributed by atoms with Gasteiger partial charge in [-0.3, -0.25) is 0 Å². The number of carbonyl (C=O) groups is 3. The molecule has 12 heteroatoms. The Morgan fingerprint density at radius 1 is 0.789 bits per heavy atom. The molecule has 0 aliphatic heterocycles. The summed E-state index contributed by atoms with van der Waals surface area (Å²) in [6.45, 7) is 2.96. The van der Waals surface area contributed by atoms with E-state index in [2.05, 4.69) is 6.58 Å². The lowest BCUT2D eigenvalue weighted by molar-refractivity contribution is -0.193. The van der Waals surface area contributed by atoms with Gasteiger partial charge in [-0.25, -0.2) is 14.4 Å². The zero-order chi connectivity index (χ0) is 16.4. The number of carboxylic acids is 3. The maximum atomic E-state index is 10.6. The molecule has 0 saturated heterocycles. The van der Waals surface area contributed by atoms with Crippen molar-refractivity contribution in [1.82, 2.24) is 0 Å². The number of rotatable bonds is 1. The van der Waals surface area contributed by atoms with Gasteiger partial charge in [-0.05, 0) is 0 Å². The van der Waals surface area contributed by atoms with Crippen LogP contribution in [-0.4, -0.2) is 45.6 Å². The van der Waals surface area contributed by atoms with E-state index in [-0.39, 0.29) is 0 Å². The Morgan fingerprint density at radius 2 is 0.895 bits per heavy atom. The van der Waals surface area contributed by atoms with Crippen molar-refractivity contribution in [1.29, 1.82) is 0 Å². The fraction of sp³-hybridized carbons (Fsp3) is 0.286. The van der Waals surface area contributed by atoms with Crippen LogP contribution in [0, 0.1) is 0 Å². The highest BCUT2D eigenvalue weighted by Gasteiger charge is 2.38. The minimum absolute atomic E-state index is 0.833. The maximum Gasteiger partial charge on any atom is 0.490 e. The SMILES string of the molecule is C=CC(=O)O.O=C(O)C(F)(F)F.O=C(O)C(F)(F)F. The lowest BCUT2D eigenvalue weighted by Gasteiger charge is -1.93.